The first-order valence-corrected chi connectivity index (χ1v) is 6.05. The minimum atomic E-state index is 0.738. The molecule has 1 rings (SSSR count). The van der Waals surface area contributed by atoms with Gasteiger partial charge in [0.05, 0.1) is 0 Å². The summed E-state index contributed by atoms with van der Waals surface area (Å²) in [6.07, 6.45) is 4.27. The third-order valence-corrected chi connectivity index (χ3v) is 3.40. The van der Waals surface area contributed by atoms with Gasteiger partial charge in [-0.15, -0.1) is 0 Å². The highest BCUT2D eigenvalue weighted by molar-refractivity contribution is 5.04. The van der Waals surface area contributed by atoms with Gasteiger partial charge >= 0.3 is 0 Å². The van der Waals surface area contributed by atoms with Gasteiger partial charge in [-0.25, -0.2) is 0 Å². The predicted octanol–water partition coefficient (Wildman–Crippen LogP) is 3.94. The molecule has 15 heavy (non-hydrogen) atoms. The van der Waals surface area contributed by atoms with E-state index in [-0.39, 0.29) is 0 Å². The first-order valence-electron chi connectivity index (χ1n) is 6.05. The molecule has 0 aliphatic carbocycles. The molecule has 2 unspecified atom stereocenters. The van der Waals surface area contributed by atoms with Gasteiger partial charge in [0.15, 0.2) is 0 Å². The van der Waals surface area contributed by atoms with Crippen LogP contribution in [0.2, 0.25) is 0 Å². The Morgan fingerprint density at radius 3 is 2.40 bits per heavy atom. The highest BCUT2D eigenvalue weighted by atomic mass is 14.7. The number of hydrogen-bond donors (Lipinski definition) is 0. The molecule has 84 valence electrons. The second-order valence-electron chi connectivity index (χ2n) is 4.82. The van der Waals surface area contributed by atoms with Crippen LogP contribution < -0.4 is 0 Å². The molecule has 0 radical (unpaired) electrons. The van der Waals surface area contributed by atoms with Crippen molar-refractivity contribution in [3.8, 4) is 0 Å². The van der Waals surface area contributed by atoms with E-state index in [1.54, 1.807) is 0 Å². The van der Waals surface area contributed by atoms with Crippen LogP contribution in [0.25, 0.3) is 0 Å². The summed E-state index contributed by atoms with van der Waals surface area (Å²) in [6, 6.07) is 6.20. The van der Waals surface area contributed by atoms with Crippen LogP contribution in [0.5, 0.6) is 0 Å². The monoisotopic (exact) mass is 205 g/mol. The zero-order chi connectivity index (χ0) is 11.3. The average Bonchev–Trinajstić information content (AvgIpc) is 2.26. The van der Waals surface area contributed by atoms with E-state index in [0.29, 0.717) is 0 Å². The minimum Gasteiger partial charge on any atom is -0.261 e. The van der Waals surface area contributed by atoms with Gasteiger partial charge in [-0.1, -0.05) is 40.2 Å². The molecule has 0 spiro atoms. The van der Waals surface area contributed by atoms with Crippen molar-refractivity contribution in [2.24, 2.45) is 17.8 Å². The summed E-state index contributed by atoms with van der Waals surface area (Å²) in [6.45, 7) is 9.27. The fraction of sp³-hybridized carbons (Fsp3) is 0.643. The van der Waals surface area contributed by atoms with Crippen LogP contribution in [-0.2, 0) is 6.42 Å². The second kappa shape index (κ2) is 5.89. The molecule has 0 fully saturated rings. The van der Waals surface area contributed by atoms with Crippen molar-refractivity contribution in [1.82, 2.24) is 4.98 Å². The molecule has 1 heteroatoms. The fourth-order valence-corrected chi connectivity index (χ4v) is 2.16. The molecule has 0 N–H and O–H groups in total. The summed E-state index contributed by atoms with van der Waals surface area (Å²) in [7, 11) is 0. The molecule has 1 nitrogen and oxygen atoms in total. The van der Waals surface area contributed by atoms with E-state index in [1.165, 1.54) is 12.1 Å². The minimum absolute atomic E-state index is 0.738. The zero-order valence-corrected chi connectivity index (χ0v) is 10.4. The lowest BCUT2D eigenvalue weighted by molar-refractivity contribution is 0.260. The Kier molecular flexibility index (Phi) is 4.80. The first-order chi connectivity index (χ1) is 7.15. The quantitative estimate of drug-likeness (QED) is 0.709. The Morgan fingerprint density at radius 1 is 1.20 bits per heavy atom. The van der Waals surface area contributed by atoms with E-state index in [9.17, 15) is 0 Å². The predicted molar refractivity (Wildman–Crippen MR) is 65.7 cm³/mol. The third-order valence-electron chi connectivity index (χ3n) is 3.40. The summed E-state index contributed by atoms with van der Waals surface area (Å²) in [4.78, 5) is 4.42. The third kappa shape index (κ3) is 3.65. The van der Waals surface area contributed by atoms with E-state index in [4.69, 9.17) is 0 Å². The largest absolute Gasteiger partial charge is 0.261 e. The first kappa shape index (κ1) is 12.2. The zero-order valence-electron chi connectivity index (χ0n) is 10.4. The van der Waals surface area contributed by atoms with Crippen molar-refractivity contribution in [2.75, 3.05) is 0 Å². The molecule has 1 aromatic rings. The number of nitrogens with zero attached hydrogens (tertiary/aromatic N) is 1. The van der Waals surface area contributed by atoms with Gasteiger partial charge in [0.25, 0.3) is 0 Å². The van der Waals surface area contributed by atoms with E-state index < -0.39 is 0 Å². The summed E-state index contributed by atoms with van der Waals surface area (Å²) in [5.74, 6) is 2.28. The van der Waals surface area contributed by atoms with Crippen molar-refractivity contribution < 1.29 is 0 Å². The lowest BCUT2D eigenvalue weighted by Gasteiger charge is -2.26. The van der Waals surface area contributed by atoms with Crippen molar-refractivity contribution >= 4 is 0 Å². The van der Waals surface area contributed by atoms with E-state index >= 15 is 0 Å². The van der Waals surface area contributed by atoms with Gasteiger partial charge in [0, 0.05) is 11.9 Å². The maximum atomic E-state index is 4.42. The van der Waals surface area contributed by atoms with Gasteiger partial charge in [0.1, 0.15) is 0 Å². The summed E-state index contributed by atoms with van der Waals surface area (Å²) >= 11 is 0. The summed E-state index contributed by atoms with van der Waals surface area (Å²) in [5.41, 5.74) is 1.23. The van der Waals surface area contributed by atoms with E-state index in [1.807, 2.05) is 12.3 Å². The van der Waals surface area contributed by atoms with Crippen LogP contribution in [0.1, 0.15) is 39.8 Å². The highest BCUT2D eigenvalue weighted by Crippen LogP contribution is 2.26. The SMILES string of the molecule is CCC(C)C(Cc1ccccn1)C(C)C. The number of aromatic nitrogens is 1. The van der Waals surface area contributed by atoms with Crippen molar-refractivity contribution in [3.63, 3.8) is 0 Å². The maximum Gasteiger partial charge on any atom is 0.0406 e. The Morgan fingerprint density at radius 2 is 1.93 bits per heavy atom. The topological polar surface area (TPSA) is 12.9 Å². The normalized spacial score (nSPS) is 15.3. The molecule has 1 heterocycles. The smallest absolute Gasteiger partial charge is 0.0406 e. The second-order valence-corrected chi connectivity index (χ2v) is 4.82. The lowest BCUT2D eigenvalue weighted by Crippen LogP contribution is -2.20. The molecular formula is C14H23N. The molecule has 0 saturated heterocycles. The Bertz CT molecular complexity index is 266. The molecule has 0 bridgehead atoms. The molecule has 0 aliphatic rings. The van der Waals surface area contributed by atoms with Gasteiger partial charge < -0.3 is 0 Å². The molecule has 0 aromatic carbocycles. The van der Waals surface area contributed by atoms with Crippen molar-refractivity contribution in [2.45, 2.75) is 40.5 Å². The van der Waals surface area contributed by atoms with Crippen LogP contribution in [0.4, 0.5) is 0 Å². The fourth-order valence-electron chi connectivity index (χ4n) is 2.16. The van der Waals surface area contributed by atoms with E-state index in [2.05, 4.69) is 44.8 Å². The molecule has 2 atom stereocenters. The lowest BCUT2D eigenvalue weighted by atomic mass is 9.80. The van der Waals surface area contributed by atoms with Gasteiger partial charge in [0.2, 0.25) is 0 Å². The standard InChI is InChI=1S/C14H23N/c1-5-12(4)14(11(2)3)10-13-8-6-7-9-15-13/h6-9,11-12,14H,5,10H2,1-4H3. The number of hydrogen-bond acceptors (Lipinski definition) is 1. The van der Waals surface area contributed by atoms with Crippen LogP contribution >= 0.6 is 0 Å². The molecular weight excluding hydrogens is 182 g/mol. The van der Waals surface area contributed by atoms with Crippen molar-refractivity contribution in [1.29, 1.82) is 0 Å². The van der Waals surface area contributed by atoms with Gasteiger partial charge in [-0.05, 0) is 36.3 Å². The maximum absolute atomic E-state index is 4.42. The highest BCUT2D eigenvalue weighted by Gasteiger charge is 2.20. The van der Waals surface area contributed by atoms with Crippen LogP contribution in [0.15, 0.2) is 24.4 Å². The molecule has 0 aliphatic heterocycles. The van der Waals surface area contributed by atoms with Gasteiger partial charge in [-0.2, -0.15) is 0 Å². The molecule has 1 aromatic heterocycles. The Balaban J connectivity index is 2.67. The van der Waals surface area contributed by atoms with Crippen molar-refractivity contribution in [3.05, 3.63) is 30.1 Å². The van der Waals surface area contributed by atoms with Gasteiger partial charge in [-0.3, -0.25) is 4.98 Å². The van der Waals surface area contributed by atoms with E-state index in [0.717, 1.165) is 24.2 Å². The molecule has 0 amide bonds. The number of pyridine rings is 1. The van der Waals surface area contributed by atoms with Crippen LogP contribution in [-0.4, -0.2) is 4.98 Å². The van der Waals surface area contributed by atoms with Crippen LogP contribution in [0, 0.1) is 17.8 Å². The average molecular weight is 205 g/mol. The number of rotatable bonds is 5. The Labute approximate surface area is 93.9 Å². The van der Waals surface area contributed by atoms with Crippen LogP contribution in [0.3, 0.4) is 0 Å². The molecule has 0 saturated carbocycles. The Hall–Kier alpha value is -0.850. The summed E-state index contributed by atoms with van der Waals surface area (Å²) < 4.78 is 0. The summed E-state index contributed by atoms with van der Waals surface area (Å²) in [5, 5.41) is 0.